The third kappa shape index (κ3) is 3.92. The number of rotatable bonds is 3. The van der Waals surface area contributed by atoms with Gasteiger partial charge < -0.3 is 4.90 Å². The Morgan fingerprint density at radius 2 is 1.81 bits per heavy atom. The van der Waals surface area contributed by atoms with Gasteiger partial charge in [-0.3, -0.25) is 4.79 Å². The summed E-state index contributed by atoms with van der Waals surface area (Å²) in [6.45, 7) is 0.686. The van der Waals surface area contributed by atoms with Gasteiger partial charge in [-0.25, -0.2) is 13.4 Å². The fraction of sp³-hybridized carbons (Fsp3) is 0.235. The number of hydrogen-bond donors (Lipinski definition) is 0. The van der Waals surface area contributed by atoms with E-state index in [-0.39, 0.29) is 58.3 Å². The number of piperazine rings is 1. The molecule has 2 heterocycles. The zero-order valence-corrected chi connectivity index (χ0v) is 16.3. The van der Waals surface area contributed by atoms with Crippen LogP contribution in [0, 0.1) is 11.3 Å². The lowest BCUT2D eigenvalue weighted by Gasteiger charge is -2.34. The van der Waals surface area contributed by atoms with Crippen LogP contribution in [-0.2, 0) is 10.0 Å². The molecule has 27 heavy (non-hydrogen) atoms. The number of aromatic nitrogens is 1. The first-order valence-electron chi connectivity index (χ1n) is 7.94. The monoisotopic (exact) mass is 424 g/mol. The second kappa shape index (κ2) is 7.82. The summed E-state index contributed by atoms with van der Waals surface area (Å²) in [7, 11) is -3.81. The van der Waals surface area contributed by atoms with Crippen LogP contribution in [0.1, 0.15) is 15.9 Å². The lowest BCUT2D eigenvalue weighted by Crippen LogP contribution is -2.50. The minimum atomic E-state index is -3.81. The van der Waals surface area contributed by atoms with Gasteiger partial charge in [-0.05, 0) is 18.2 Å². The number of carbonyl (C=O) groups excluding carboxylic acids is 1. The third-order valence-corrected chi connectivity index (χ3v) is 6.84. The van der Waals surface area contributed by atoms with Crippen LogP contribution in [0.3, 0.4) is 0 Å². The molecule has 1 fully saturated rings. The molecule has 1 saturated heterocycles. The normalized spacial score (nSPS) is 15.4. The molecular formula is C17H14Cl2N4O3S. The molecule has 10 heteroatoms. The number of halogens is 2. The summed E-state index contributed by atoms with van der Waals surface area (Å²) < 4.78 is 26.9. The Kier molecular flexibility index (Phi) is 5.67. The van der Waals surface area contributed by atoms with Crippen molar-refractivity contribution < 1.29 is 13.2 Å². The highest BCUT2D eigenvalue weighted by Gasteiger charge is 2.32. The van der Waals surface area contributed by atoms with E-state index in [1.54, 1.807) is 12.1 Å². The van der Waals surface area contributed by atoms with Crippen molar-refractivity contribution in [1.29, 1.82) is 5.26 Å². The second-order valence-corrected chi connectivity index (χ2v) is 8.47. The molecule has 0 aliphatic carbocycles. The summed E-state index contributed by atoms with van der Waals surface area (Å²) in [5, 5.41) is 9.44. The van der Waals surface area contributed by atoms with Gasteiger partial charge in [-0.1, -0.05) is 35.3 Å². The van der Waals surface area contributed by atoms with E-state index in [1.165, 1.54) is 33.6 Å². The Hall–Kier alpha value is -2.18. The molecule has 140 valence electrons. The lowest BCUT2D eigenvalue weighted by atomic mass is 10.2. The van der Waals surface area contributed by atoms with Crippen molar-refractivity contribution in [2.45, 2.75) is 4.90 Å². The van der Waals surface area contributed by atoms with Crippen molar-refractivity contribution >= 4 is 39.1 Å². The topological polar surface area (TPSA) is 94.4 Å². The number of nitrogens with zero attached hydrogens (tertiary/aromatic N) is 4. The molecular weight excluding hydrogens is 411 g/mol. The van der Waals surface area contributed by atoms with Crippen LogP contribution in [0.2, 0.25) is 10.2 Å². The Morgan fingerprint density at radius 3 is 2.44 bits per heavy atom. The average molecular weight is 425 g/mol. The van der Waals surface area contributed by atoms with Crippen LogP contribution >= 0.6 is 23.2 Å². The van der Waals surface area contributed by atoms with Crippen LogP contribution in [-0.4, -0.2) is 54.7 Å². The van der Waals surface area contributed by atoms with Gasteiger partial charge in [0.2, 0.25) is 10.0 Å². The second-order valence-electron chi connectivity index (χ2n) is 5.80. The number of hydrogen-bond acceptors (Lipinski definition) is 5. The van der Waals surface area contributed by atoms with Crippen LogP contribution in [0.25, 0.3) is 0 Å². The van der Waals surface area contributed by atoms with Crippen molar-refractivity contribution in [3.8, 4) is 6.07 Å². The summed E-state index contributed by atoms with van der Waals surface area (Å²) in [6, 6.07) is 9.39. The van der Waals surface area contributed by atoms with Gasteiger partial charge >= 0.3 is 0 Å². The maximum Gasteiger partial charge on any atom is 0.255 e. The Morgan fingerprint density at radius 1 is 1.15 bits per heavy atom. The maximum absolute atomic E-state index is 12.8. The van der Waals surface area contributed by atoms with E-state index in [1.807, 2.05) is 6.07 Å². The molecule has 0 spiro atoms. The minimum Gasteiger partial charge on any atom is -0.336 e. The van der Waals surface area contributed by atoms with E-state index >= 15 is 0 Å². The van der Waals surface area contributed by atoms with Gasteiger partial charge in [0, 0.05) is 32.4 Å². The summed E-state index contributed by atoms with van der Waals surface area (Å²) >= 11 is 11.7. The molecule has 1 aliphatic heterocycles. The standard InChI is InChI=1S/C17H14Cl2N4O3S/c18-14-9-13(11-21-16(14)19)17(24)22-5-7-23(8-6-22)27(25,26)15-4-2-1-3-12(15)10-20/h1-4,9,11H,5-8H2. The first-order chi connectivity index (χ1) is 12.8. The molecule has 0 N–H and O–H groups in total. The number of carbonyl (C=O) groups is 1. The minimum absolute atomic E-state index is 0.0269. The molecule has 1 aromatic heterocycles. The fourth-order valence-electron chi connectivity index (χ4n) is 2.78. The number of pyridine rings is 1. The summed E-state index contributed by atoms with van der Waals surface area (Å²) in [4.78, 5) is 17.9. The number of nitriles is 1. The molecule has 0 saturated carbocycles. The van der Waals surface area contributed by atoms with E-state index in [4.69, 9.17) is 28.5 Å². The number of amides is 1. The van der Waals surface area contributed by atoms with Gasteiger partial charge in [0.25, 0.3) is 5.91 Å². The van der Waals surface area contributed by atoms with E-state index < -0.39 is 10.0 Å². The Balaban J connectivity index is 1.74. The molecule has 1 amide bonds. The molecule has 7 nitrogen and oxygen atoms in total. The van der Waals surface area contributed by atoms with Crippen molar-refractivity contribution in [2.24, 2.45) is 0 Å². The number of sulfonamides is 1. The van der Waals surface area contributed by atoms with E-state index in [9.17, 15) is 13.2 Å². The maximum atomic E-state index is 12.8. The van der Waals surface area contributed by atoms with E-state index in [2.05, 4.69) is 4.98 Å². The molecule has 0 unspecified atom stereocenters. The zero-order chi connectivity index (χ0) is 19.6. The number of benzene rings is 1. The van der Waals surface area contributed by atoms with Crippen LogP contribution in [0.5, 0.6) is 0 Å². The Bertz CT molecular complexity index is 1030. The fourth-order valence-corrected chi connectivity index (χ4v) is 4.61. The van der Waals surface area contributed by atoms with Gasteiger partial charge in [0.15, 0.2) is 0 Å². The quantitative estimate of drug-likeness (QED) is 0.704. The SMILES string of the molecule is N#Cc1ccccc1S(=O)(=O)N1CCN(C(=O)c2cnc(Cl)c(Cl)c2)CC1. The van der Waals surface area contributed by atoms with Gasteiger partial charge in [0.05, 0.1) is 21.0 Å². The summed E-state index contributed by atoms with van der Waals surface area (Å²) in [6.07, 6.45) is 1.34. The lowest BCUT2D eigenvalue weighted by molar-refractivity contribution is 0.0697. The smallest absolute Gasteiger partial charge is 0.255 e. The van der Waals surface area contributed by atoms with Crippen LogP contribution in [0.15, 0.2) is 41.4 Å². The Labute approximate surface area is 166 Å². The molecule has 0 radical (unpaired) electrons. The van der Waals surface area contributed by atoms with E-state index in [0.717, 1.165) is 0 Å². The molecule has 1 aliphatic rings. The zero-order valence-electron chi connectivity index (χ0n) is 14.0. The van der Waals surface area contributed by atoms with Crippen molar-refractivity contribution in [3.63, 3.8) is 0 Å². The first kappa shape index (κ1) is 19.6. The van der Waals surface area contributed by atoms with Crippen molar-refractivity contribution in [3.05, 3.63) is 57.8 Å². The third-order valence-electron chi connectivity index (χ3n) is 4.19. The molecule has 2 aromatic rings. The predicted molar refractivity (Wildman–Crippen MR) is 100 cm³/mol. The molecule has 0 atom stereocenters. The first-order valence-corrected chi connectivity index (χ1v) is 10.1. The van der Waals surface area contributed by atoms with Crippen LogP contribution < -0.4 is 0 Å². The largest absolute Gasteiger partial charge is 0.336 e. The highest BCUT2D eigenvalue weighted by atomic mass is 35.5. The van der Waals surface area contributed by atoms with Gasteiger partial charge in [-0.2, -0.15) is 9.57 Å². The van der Waals surface area contributed by atoms with Gasteiger partial charge in [0.1, 0.15) is 11.2 Å². The average Bonchev–Trinajstić information content (AvgIpc) is 2.69. The predicted octanol–water partition coefficient (Wildman–Crippen LogP) is 2.41. The highest BCUT2D eigenvalue weighted by molar-refractivity contribution is 7.89. The summed E-state index contributed by atoms with van der Waals surface area (Å²) in [5.41, 5.74) is 0.383. The van der Waals surface area contributed by atoms with Crippen molar-refractivity contribution in [1.82, 2.24) is 14.2 Å². The highest BCUT2D eigenvalue weighted by Crippen LogP contribution is 2.23. The molecule has 0 bridgehead atoms. The molecule has 1 aromatic carbocycles. The summed E-state index contributed by atoms with van der Waals surface area (Å²) in [5.74, 6) is -0.296. The van der Waals surface area contributed by atoms with Crippen LogP contribution in [0.4, 0.5) is 0 Å². The van der Waals surface area contributed by atoms with Crippen molar-refractivity contribution in [2.75, 3.05) is 26.2 Å². The van der Waals surface area contributed by atoms with Gasteiger partial charge in [-0.15, -0.1) is 0 Å². The van der Waals surface area contributed by atoms with E-state index in [0.29, 0.717) is 0 Å². The molecule has 3 rings (SSSR count).